The van der Waals surface area contributed by atoms with Crippen LogP contribution in [0.1, 0.15) is 49.7 Å². The molecule has 0 amide bonds. The molecule has 1 fully saturated rings. The SMILES string of the molecule is CC1Nc2cccc3c2C1C[C@H]1NCC(C)(S(=O)(=O)O)C[C@H]31. The Kier molecular flexibility index (Phi) is 2.94. The highest BCUT2D eigenvalue weighted by Crippen LogP contribution is 2.52. The van der Waals surface area contributed by atoms with E-state index in [-0.39, 0.29) is 12.0 Å². The van der Waals surface area contributed by atoms with Gasteiger partial charge in [-0.1, -0.05) is 12.1 Å². The molecule has 3 N–H and O–H groups in total. The van der Waals surface area contributed by atoms with Gasteiger partial charge in [0.25, 0.3) is 10.1 Å². The van der Waals surface area contributed by atoms with Crippen LogP contribution in [-0.2, 0) is 10.1 Å². The minimum atomic E-state index is -4.08. The van der Waals surface area contributed by atoms with Crippen molar-refractivity contribution in [3.8, 4) is 0 Å². The molecule has 2 aliphatic heterocycles. The zero-order valence-electron chi connectivity index (χ0n) is 12.8. The molecule has 5 nitrogen and oxygen atoms in total. The number of rotatable bonds is 1. The summed E-state index contributed by atoms with van der Waals surface area (Å²) in [7, 11) is -4.08. The second-order valence-corrected chi connectivity index (χ2v) is 9.24. The molecule has 2 heterocycles. The van der Waals surface area contributed by atoms with Crippen LogP contribution in [0.5, 0.6) is 0 Å². The maximum Gasteiger partial charge on any atom is 0.271 e. The van der Waals surface area contributed by atoms with Crippen LogP contribution in [0.15, 0.2) is 18.2 Å². The van der Waals surface area contributed by atoms with Gasteiger partial charge in [0.15, 0.2) is 0 Å². The first kappa shape index (κ1) is 14.5. The number of hydrogen-bond donors (Lipinski definition) is 3. The fourth-order valence-electron chi connectivity index (χ4n) is 4.58. The second-order valence-electron chi connectivity index (χ2n) is 7.31. The number of fused-ring (bicyclic) bond motifs is 2. The topological polar surface area (TPSA) is 78.4 Å². The third-order valence-electron chi connectivity index (χ3n) is 5.90. The molecule has 0 bridgehead atoms. The van der Waals surface area contributed by atoms with Crippen LogP contribution in [0.2, 0.25) is 0 Å². The molecule has 5 atom stereocenters. The van der Waals surface area contributed by atoms with E-state index in [1.54, 1.807) is 6.92 Å². The van der Waals surface area contributed by atoms with E-state index in [9.17, 15) is 13.0 Å². The van der Waals surface area contributed by atoms with Crippen molar-refractivity contribution in [3.05, 3.63) is 29.3 Å². The Labute approximate surface area is 131 Å². The molecule has 4 rings (SSSR count). The molecule has 0 aromatic heterocycles. The second kappa shape index (κ2) is 4.46. The number of hydrogen-bond acceptors (Lipinski definition) is 4. The molecule has 0 radical (unpaired) electrons. The summed E-state index contributed by atoms with van der Waals surface area (Å²) in [5, 5.41) is 6.94. The lowest BCUT2D eigenvalue weighted by Gasteiger charge is -2.46. The molecule has 1 aromatic carbocycles. The Morgan fingerprint density at radius 1 is 1.32 bits per heavy atom. The molecule has 3 unspecified atom stereocenters. The summed E-state index contributed by atoms with van der Waals surface area (Å²) in [6.07, 6.45) is 1.49. The van der Waals surface area contributed by atoms with Crippen molar-refractivity contribution in [3.63, 3.8) is 0 Å². The average Bonchev–Trinajstić information content (AvgIpc) is 2.76. The van der Waals surface area contributed by atoms with Crippen LogP contribution in [0, 0.1) is 0 Å². The van der Waals surface area contributed by atoms with E-state index in [1.807, 2.05) is 6.07 Å². The van der Waals surface area contributed by atoms with Crippen LogP contribution >= 0.6 is 0 Å². The molecule has 6 heteroatoms. The molecule has 0 saturated carbocycles. The van der Waals surface area contributed by atoms with E-state index in [0.29, 0.717) is 24.9 Å². The number of anilines is 1. The highest BCUT2D eigenvalue weighted by molar-refractivity contribution is 7.87. The van der Waals surface area contributed by atoms with E-state index in [1.165, 1.54) is 16.8 Å². The standard InChI is InChI=1S/C16H22N2O3S/c1-9-11-6-14-12(7-16(2,8-17-14)22(19,20)21)10-4-3-5-13(18-9)15(10)11/h3-5,9,11-12,14,17-18H,6-8H2,1-2H3,(H,19,20,21)/t9?,11?,12-,14-,16?/m1/s1. The fraction of sp³-hybridized carbons (Fsp3) is 0.625. The number of piperidine rings is 1. The molecular weight excluding hydrogens is 300 g/mol. The normalized spacial score (nSPS) is 39.8. The van der Waals surface area contributed by atoms with Gasteiger partial charge < -0.3 is 10.6 Å². The summed E-state index contributed by atoms with van der Waals surface area (Å²) in [4.78, 5) is 0. The Morgan fingerprint density at radius 2 is 2.09 bits per heavy atom. The van der Waals surface area contributed by atoms with E-state index in [2.05, 4.69) is 29.7 Å². The summed E-state index contributed by atoms with van der Waals surface area (Å²) >= 11 is 0. The predicted molar refractivity (Wildman–Crippen MR) is 86.0 cm³/mol. The lowest BCUT2D eigenvalue weighted by Crippen LogP contribution is -2.57. The van der Waals surface area contributed by atoms with Gasteiger partial charge in [-0.25, -0.2) is 0 Å². The first-order valence-electron chi connectivity index (χ1n) is 7.90. The van der Waals surface area contributed by atoms with Crippen molar-refractivity contribution in [2.45, 2.75) is 55.4 Å². The van der Waals surface area contributed by atoms with E-state index >= 15 is 0 Å². The Bertz CT molecular complexity index is 733. The van der Waals surface area contributed by atoms with E-state index in [4.69, 9.17) is 0 Å². The van der Waals surface area contributed by atoms with E-state index < -0.39 is 14.9 Å². The molecule has 0 spiro atoms. The number of benzene rings is 1. The van der Waals surface area contributed by atoms with Crippen molar-refractivity contribution in [1.29, 1.82) is 0 Å². The van der Waals surface area contributed by atoms with Crippen LogP contribution in [0.4, 0.5) is 5.69 Å². The smallest absolute Gasteiger partial charge is 0.271 e. The molecule has 1 saturated heterocycles. The Balaban J connectivity index is 1.79. The van der Waals surface area contributed by atoms with Crippen LogP contribution in [-0.4, -0.2) is 36.3 Å². The molecule has 1 aromatic rings. The van der Waals surface area contributed by atoms with Gasteiger partial charge in [-0.3, -0.25) is 4.55 Å². The average molecular weight is 322 g/mol. The third kappa shape index (κ3) is 1.87. The van der Waals surface area contributed by atoms with Crippen molar-refractivity contribution in [2.24, 2.45) is 0 Å². The minimum Gasteiger partial charge on any atom is -0.382 e. The van der Waals surface area contributed by atoms with Crippen molar-refractivity contribution < 1.29 is 13.0 Å². The first-order chi connectivity index (χ1) is 10.3. The summed E-state index contributed by atoms with van der Waals surface area (Å²) < 4.78 is 32.1. The lowest BCUT2D eigenvalue weighted by molar-refractivity contribution is 0.249. The zero-order chi connectivity index (χ0) is 15.7. The molecule has 22 heavy (non-hydrogen) atoms. The van der Waals surface area contributed by atoms with Gasteiger partial charge >= 0.3 is 0 Å². The zero-order valence-corrected chi connectivity index (χ0v) is 13.7. The summed E-state index contributed by atoms with van der Waals surface area (Å²) in [5.74, 6) is 0.619. The monoisotopic (exact) mass is 322 g/mol. The van der Waals surface area contributed by atoms with Crippen LogP contribution < -0.4 is 10.6 Å². The predicted octanol–water partition coefficient (Wildman–Crippen LogP) is 2.08. The van der Waals surface area contributed by atoms with Gasteiger partial charge in [0.05, 0.1) is 0 Å². The molecule has 3 aliphatic rings. The maximum absolute atomic E-state index is 11.8. The largest absolute Gasteiger partial charge is 0.382 e. The lowest BCUT2D eigenvalue weighted by atomic mass is 9.68. The van der Waals surface area contributed by atoms with Gasteiger partial charge in [-0.2, -0.15) is 8.42 Å². The summed E-state index contributed by atoms with van der Waals surface area (Å²) in [6.45, 7) is 4.16. The summed E-state index contributed by atoms with van der Waals surface area (Å²) in [5.41, 5.74) is 3.79. The third-order valence-corrected chi connectivity index (χ3v) is 7.46. The highest BCUT2D eigenvalue weighted by Gasteiger charge is 2.50. The first-order valence-corrected chi connectivity index (χ1v) is 9.34. The minimum absolute atomic E-state index is 0.138. The quantitative estimate of drug-likeness (QED) is 0.690. The van der Waals surface area contributed by atoms with Crippen molar-refractivity contribution in [2.75, 3.05) is 11.9 Å². The Hall–Kier alpha value is -1.11. The molecular formula is C16H22N2O3S. The highest BCUT2D eigenvalue weighted by atomic mass is 32.2. The van der Waals surface area contributed by atoms with E-state index in [0.717, 1.165) is 6.42 Å². The summed E-state index contributed by atoms with van der Waals surface area (Å²) in [6, 6.07) is 6.96. The van der Waals surface area contributed by atoms with Gasteiger partial charge in [-0.05, 0) is 43.9 Å². The van der Waals surface area contributed by atoms with Crippen molar-refractivity contribution >= 4 is 15.8 Å². The number of nitrogens with one attached hydrogen (secondary N) is 2. The van der Waals surface area contributed by atoms with Gasteiger partial charge in [-0.15, -0.1) is 0 Å². The van der Waals surface area contributed by atoms with Crippen LogP contribution in [0.25, 0.3) is 0 Å². The fourth-order valence-corrected chi connectivity index (χ4v) is 5.23. The molecule has 120 valence electrons. The maximum atomic E-state index is 11.8. The van der Waals surface area contributed by atoms with Gasteiger partial charge in [0.1, 0.15) is 4.75 Å². The molecule has 1 aliphatic carbocycles. The van der Waals surface area contributed by atoms with Gasteiger partial charge in [0, 0.05) is 36.2 Å². The Morgan fingerprint density at radius 3 is 2.82 bits per heavy atom. The van der Waals surface area contributed by atoms with Crippen molar-refractivity contribution in [1.82, 2.24) is 5.32 Å². The van der Waals surface area contributed by atoms with Gasteiger partial charge in [0.2, 0.25) is 0 Å². The van der Waals surface area contributed by atoms with Crippen LogP contribution in [0.3, 0.4) is 0 Å².